The lowest BCUT2D eigenvalue weighted by Crippen LogP contribution is -2.47. The summed E-state index contributed by atoms with van der Waals surface area (Å²) in [5, 5.41) is 17.3. The largest absolute Gasteiger partial charge is 0.497 e. The van der Waals surface area contributed by atoms with E-state index in [1.807, 2.05) is 48.8 Å². The van der Waals surface area contributed by atoms with Gasteiger partial charge in [-0.3, -0.25) is 14.9 Å². The SMILES string of the molecule is CCC1CN([C@H](C)[C@@H](COc2nnc(OC[C@@H](c3ccnc4ccc(OC)cc34)[C@H]3C[C@H]([C@@H](C)CC)CCN3)c3ccccc23)c2ccnc3ccc(OC)cc23)CCC1C. The van der Waals surface area contributed by atoms with E-state index in [0.717, 1.165) is 76.1 Å². The van der Waals surface area contributed by atoms with E-state index in [2.05, 4.69) is 81.2 Å². The van der Waals surface area contributed by atoms with Crippen molar-refractivity contribution >= 4 is 32.6 Å². The van der Waals surface area contributed by atoms with Crippen molar-refractivity contribution in [3.8, 4) is 23.3 Å². The number of methoxy groups -OCH3 is 2. The third-order valence-electron chi connectivity index (χ3n) is 14.4. The number of nitrogens with zero attached hydrogens (tertiary/aromatic N) is 5. The average Bonchev–Trinajstić information content (AvgIpc) is 3.31. The van der Waals surface area contributed by atoms with Crippen molar-refractivity contribution in [3.63, 3.8) is 0 Å². The van der Waals surface area contributed by atoms with Gasteiger partial charge in [0.25, 0.3) is 0 Å². The summed E-state index contributed by atoms with van der Waals surface area (Å²) in [7, 11) is 3.43. The summed E-state index contributed by atoms with van der Waals surface area (Å²) in [4.78, 5) is 12.1. The molecule has 10 nitrogen and oxygen atoms in total. The molecule has 61 heavy (non-hydrogen) atoms. The Bertz CT molecular complexity index is 2410. The Morgan fingerprint density at radius 2 is 1.38 bits per heavy atom. The minimum Gasteiger partial charge on any atom is -0.497 e. The van der Waals surface area contributed by atoms with Crippen LogP contribution in [0.1, 0.15) is 89.7 Å². The molecule has 2 aliphatic heterocycles. The maximum absolute atomic E-state index is 6.85. The normalized spacial score (nSPS) is 21.8. The lowest BCUT2D eigenvalue weighted by molar-refractivity contribution is 0.0707. The number of ether oxygens (including phenoxy) is 4. The standard InChI is InChI=1S/C51H64N6O4/c1-8-32(3)36-18-22-54-49(26-36)46(40-20-24-53-48-17-15-38(59-7)28-44(40)48)31-61-51-42-13-11-10-12-41(42)50(55-56-51)60-30-45(34(5)57-25-21-33(4)35(9-2)29-57)39-19-23-52-47-16-14-37(58-6)27-43(39)47/h10-17,19-20,23-24,27-28,32-36,45-46,49,54H,8-9,18,21-22,25-26,29-31H2,1-7H3/t32-,33?,34+,35?,36+,45+,46-,49+/m0/s1. The molecule has 2 fully saturated rings. The number of pyridine rings is 2. The Morgan fingerprint density at radius 3 is 2.00 bits per heavy atom. The van der Waals surface area contributed by atoms with Gasteiger partial charge in [-0.2, -0.15) is 0 Å². The number of rotatable bonds is 16. The topological polar surface area (TPSA) is 104 Å². The molecule has 8 rings (SSSR count). The Balaban J connectivity index is 1.10. The molecule has 0 amide bonds. The molecule has 2 aliphatic rings. The molecule has 322 valence electrons. The van der Waals surface area contributed by atoms with E-state index in [4.69, 9.17) is 39.1 Å². The van der Waals surface area contributed by atoms with Crippen LogP contribution in [0, 0.1) is 23.7 Å². The van der Waals surface area contributed by atoms with Crippen molar-refractivity contribution in [2.75, 3.05) is 47.1 Å². The molecule has 5 heterocycles. The van der Waals surface area contributed by atoms with Gasteiger partial charge in [0.1, 0.15) is 11.5 Å². The van der Waals surface area contributed by atoms with E-state index >= 15 is 0 Å². The minimum absolute atomic E-state index is 0.0248. The highest BCUT2D eigenvalue weighted by atomic mass is 16.5. The predicted octanol–water partition coefficient (Wildman–Crippen LogP) is 10.2. The van der Waals surface area contributed by atoms with Gasteiger partial charge in [0.15, 0.2) is 0 Å². The van der Waals surface area contributed by atoms with Crippen LogP contribution in [0.3, 0.4) is 0 Å². The Labute approximate surface area is 361 Å². The lowest BCUT2D eigenvalue weighted by atomic mass is 9.76. The number of likely N-dealkylation sites (tertiary alicyclic amines) is 1. The fraction of sp³-hybridized carbons (Fsp3) is 0.490. The second kappa shape index (κ2) is 19.3. The highest BCUT2D eigenvalue weighted by molar-refractivity contribution is 5.90. The molecule has 0 spiro atoms. The minimum atomic E-state index is 0.0248. The summed E-state index contributed by atoms with van der Waals surface area (Å²) in [6, 6.07) is 25.2. The van der Waals surface area contributed by atoms with Crippen molar-refractivity contribution in [3.05, 3.63) is 96.3 Å². The molecule has 3 aromatic heterocycles. The zero-order valence-corrected chi connectivity index (χ0v) is 37.1. The molecular weight excluding hydrogens is 761 g/mol. The summed E-state index contributed by atoms with van der Waals surface area (Å²) in [6.45, 7) is 15.8. The number of benzene rings is 3. The highest BCUT2D eigenvalue weighted by Crippen LogP contribution is 2.39. The van der Waals surface area contributed by atoms with Crippen molar-refractivity contribution in [1.29, 1.82) is 0 Å². The zero-order chi connectivity index (χ0) is 42.5. The van der Waals surface area contributed by atoms with E-state index in [-0.39, 0.29) is 23.9 Å². The molecule has 3 aromatic carbocycles. The summed E-state index contributed by atoms with van der Waals surface area (Å²) < 4.78 is 25.1. The van der Waals surface area contributed by atoms with Crippen LogP contribution in [-0.4, -0.2) is 84.2 Å². The maximum atomic E-state index is 6.85. The Kier molecular flexibility index (Phi) is 13.5. The van der Waals surface area contributed by atoms with Gasteiger partial charge < -0.3 is 24.3 Å². The van der Waals surface area contributed by atoms with E-state index in [1.165, 1.54) is 36.8 Å². The van der Waals surface area contributed by atoms with Crippen LogP contribution in [-0.2, 0) is 0 Å². The van der Waals surface area contributed by atoms with Crippen LogP contribution in [0.4, 0.5) is 0 Å². The van der Waals surface area contributed by atoms with Gasteiger partial charge in [-0.1, -0.05) is 52.7 Å². The van der Waals surface area contributed by atoms with Gasteiger partial charge in [-0.15, -0.1) is 10.2 Å². The maximum Gasteiger partial charge on any atom is 0.241 e. The number of fused-ring (bicyclic) bond motifs is 3. The fourth-order valence-corrected chi connectivity index (χ4v) is 10.2. The molecule has 0 radical (unpaired) electrons. The Hall–Kier alpha value is -5.06. The lowest BCUT2D eigenvalue weighted by Gasteiger charge is -2.42. The molecular formula is C51H64N6O4. The van der Waals surface area contributed by atoms with Crippen molar-refractivity contribution in [2.24, 2.45) is 23.7 Å². The first kappa shape index (κ1) is 42.6. The van der Waals surface area contributed by atoms with Gasteiger partial charge in [0, 0.05) is 53.6 Å². The van der Waals surface area contributed by atoms with Crippen LogP contribution < -0.4 is 24.3 Å². The molecule has 8 atom stereocenters. The van der Waals surface area contributed by atoms with Crippen LogP contribution in [0.2, 0.25) is 0 Å². The molecule has 6 aromatic rings. The van der Waals surface area contributed by atoms with E-state index in [1.54, 1.807) is 14.2 Å². The number of aromatic nitrogens is 4. The summed E-state index contributed by atoms with van der Waals surface area (Å²) in [6.07, 6.45) is 9.65. The first-order chi connectivity index (χ1) is 29.8. The second-order valence-corrected chi connectivity index (χ2v) is 17.7. The Morgan fingerprint density at radius 1 is 0.754 bits per heavy atom. The van der Waals surface area contributed by atoms with Gasteiger partial charge in [-0.25, -0.2) is 0 Å². The number of piperidine rings is 2. The third kappa shape index (κ3) is 9.12. The van der Waals surface area contributed by atoms with Crippen LogP contribution in [0.25, 0.3) is 32.6 Å². The quantitative estimate of drug-likeness (QED) is 0.101. The number of nitrogens with one attached hydrogen (secondary N) is 1. The third-order valence-corrected chi connectivity index (χ3v) is 14.4. The number of hydrogen-bond donors (Lipinski definition) is 1. The van der Waals surface area contributed by atoms with Crippen molar-refractivity contribution in [1.82, 2.24) is 30.4 Å². The molecule has 0 bridgehead atoms. The van der Waals surface area contributed by atoms with Crippen LogP contribution >= 0.6 is 0 Å². The molecule has 2 saturated heterocycles. The monoisotopic (exact) mass is 824 g/mol. The average molecular weight is 825 g/mol. The van der Waals surface area contributed by atoms with Gasteiger partial charge >= 0.3 is 0 Å². The fourth-order valence-electron chi connectivity index (χ4n) is 10.2. The summed E-state index contributed by atoms with van der Waals surface area (Å²) in [5.41, 5.74) is 4.27. The van der Waals surface area contributed by atoms with Gasteiger partial charge in [-0.05, 0) is 135 Å². The first-order valence-corrected chi connectivity index (χ1v) is 22.6. The van der Waals surface area contributed by atoms with Crippen LogP contribution in [0.15, 0.2) is 85.2 Å². The molecule has 10 heteroatoms. The van der Waals surface area contributed by atoms with E-state index in [9.17, 15) is 0 Å². The number of hydrogen-bond acceptors (Lipinski definition) is 10. The second-order valence-electron chi connectivity index (χ2n) is 17.7. The van der Waals surface area contributed by atoms with Gasteiger partial charge in [0.05, 0.1) is 49.2 Å². The summed E-state index contributed by atoms with van der Waals surface area (Å²) in [5.74, 6) is 5.38. The van der Waals surface area contributed by atoms with E-state index in [0.29, 0.717) is 42.7 Å². The molecule has 0 saturated carbocycles. The van der Waals surface area contributed by atoms with E-state index < -0.39 is 0 Å². The first-order valence-electron chi connectivity index (χ1n) is 22.6. The highest BCUT2D eigenvalue weighted by Gasteiger charge is 2.35. The van der Waals surface area contributed by atoms with Crippen LogP contribution in [0.5, 0.6) is 23.3 Å². The summed E-state index contributed by atoms with van der Waals surface area (Å²) >= 11 is 0. The zero-order valence-electron chi connectivity index (χ0n) is 37.1. The molecule has 2 unspecified atom stereocenters. The van der Waals surface area contributed by atoms with Crippen molar-refractivity contribution in [2.45, 2.75) is 90.6 Å². The smallest absolute Gasteiger partial charge is 0.241 e. The predicted molar refractivity (Wildman–Crippen MR) is 245 cm³/mol. The molecule has 1 N–H and O–H groups in total. The van der Waals surface area contributed by atoms with Crippen molar-refractivity contribution < 1.29 is 18.9 Å². The van der Waals surface area contributed by atoms with Gasteiger partial charge in [0.2, 0.25) is 11.8 Å². The molecule has 0 aliphatic carbocycles.